The first-order chi connectivity index (χ1) is 9.16. The second kappa shape index (κ2) is 3.53. The predicted molar refractivity (Wildman–Crippen MR) is 65.2 cm³/mol. The smallest absolute Gasteiger partial charge is 0.240 e. The molecule has 0 aliphatic heterocycles. The first kappa shape index (κ1) is 11.3. The lowest BCUT2D eigenvalue weighted by atomic mass is 9.46. The molecule has 1 aromatic heterocycles. The highest BCUT2D eigenvalue weighted by atomic mass is 16.2. The summed E-state index contributed by atoms with van der Waals surface area (Å²) in [6.07, 6.45) is 7.57. The molecule has 0 saturated heterocycles. The Morgan fingerprint density at radius 3 is 2.63 bits per heavy atom. The molecule has 3 N–H and O–H groups in total. The molecule has 1 heterocycles. The Kier molecular flexibility index (Phi) is 2.11. The molecule has 102 valence electrons. The Morgan fingerprint density at radius 1 is 1.32 bits per heavy atom. The number of carbonyl (C=O) groups is 1. The van der Waals surface area contributed by atoms with Crippen molar-refractivity contribution in [2.75, 3.05) is 0 Å². The Bertz CT molecular complexity index is 498. The van der Waals surface area contributed by atoms with Crippen molar-refractivity contribution in [3.8, 4) is 0 Å². The Hall–Kier alpha value is -1.50. The van der Waals surface area contributed by atoms with Crippen LogP contribution in [-0.2, 0) is 10.3 Å². The van der Waals surface area contributed by atoms with Crippen LogP contribution in [0.15, 0.2) is 6.33 Å². The number of hydrogen-bond donors (Lipinski definition) is 2. The van der Waals surface area contributed by atoms with Gasteiger partial charge in [0, 0.05) is 0 Å². The molecule has 1 amide bonds. The summed E-state index contributed by atoms with van der Waals surface area (Å²) in [7, 11) is 0. The molecule has 7 nitrogen and oxygen atoms in total. The normalized spacial score (nSPS) is 43.4. The summed E-state index contributed by atoms with van der Waals surface area (Å²) in [6.45, 7) is 0. The quantitative estimate of drug-likeness (QED) is 0.442. The van der Waals surface area contributed by atoms with Crippen LogP contribution >= 0.6 is 0 Å². The number of hydrogen-bond acceptors (Lipinski definition) is 5. The maximum atomic E-state index is 12.3. The number of nitrogens with two attached hydrogens (primary N) is 1. The SMILES string of the molecule is NNC(=O)C12C[C@H]3C[C@@H](C1)CC(n1ncnn1)(C3)C2. The van der Waals surface area contributed by atoms with Crippen molar-refractivity contribution < 1.29 is 4.79 Å². The predicted octanol–water partition coefficient (Wildman–Crippen LogP) is -0.0415. The first-order valence-corrected chi connectivity index (χ1v) is 6.90. The van der Waals surface area contributed by atoms with Crippen LogP contribution in [0.25, 0.3) is 0 Å². The maximum absolute atomic E-state index is 12.3. The van der Waals surface area contributed by atoms with Crippen LogP contribution in [0.4, 0.5) is 0 Å². The van der Waals surface area contributed by atoms with Crippen LogP contribution in [0.3, 0.4) is 0 Å². The third kappa shape index (κ3) is 1.42. The maximum Gasteiger partial charge on any atom is 0.240 e. The average molecular weight is 262 g/mol. The van der Waals surface area contributed by atoms with Crippen LogP contribution in [0, 0.1) is 17.3 Å². The topological polar surface area (TPSA) is 98.7 Å². The molecule has 5 rings (SSSR count). The number of nitrogens with one attached hydrogen (secondary N) is 1. The van der Waals surface area contributed by atoms with Gasteiger partial charge in [-0.05, 0) is 55.6 Å². The molecule has 4 atom stereocenters. The van der Waals surface area contributed by atoms with E-state index >= 15 is 0 Å². The number of rotatable bonds is 2. The second-order valence-electron chi connectivity index (χ2n) is 6.66. The molecule has 4 fully saturated rings. The van der Waals surface area contributed by atoms with Crippen LogP contribution in [0.2, 0.25) is 0 Å². The summed E-state index contributed by atoms with van der Waals surface area (Å²) >= 11 is 0. The molecule has 4 aliphatic rings. The van der Waals surface area contributed by atoms with Crippen molar-refractivity contribution in [2.24, 2.45) is 23.1 Å². The third-order valence-corrected chi connectivity index (χ3v) is 5.42. The van der Waals surface area contributed by atoms with Gasteiger partial charge in [0.1, 0.15) is 0 Å². The van der Waals surface area contributed by atoms with Crippen LogP contribution in [0.1, 0.15) is 38.5 Å². The van der Waals surface area contributed by atoms with Gasteiger partial charge >= 0.3 is 0 Å². The molecule has 4 aliphatic carbocycles. The molecular weight excluding hydrogens is 244 g/mol. The number of carbonyl (C=O) groups excluding carboxylic acids is 1. The van der Waals surface area contributed by atoms with Gasteiger partial charge in [0.2, 0.25) is 5.91 Å². The van der Waals surface area contributed by atoms with Gasteiger partial charge in [-0.1, -0.05) is 0 Å². The minimum absolute atomic E-state index is 0.00825. The highest BCUT2D eigenvalue weighted by Gasteiger charge is 2.62. The van der Waals surface area contributed by atoms with Gasteiger partial charge in [0.15, 0.2) is 6.33 Å². The molecule has 19 heavy (non-hydrogen) atoms. The van der Waals surface area contributed by atoms with Crippen LogP contribution in [0.5, 0.6) is 0 Å². The zero-order chi connectivity index (χ0) is 13.1. The van der Waals surface area contributed by atoms with E-state index in [-0.39, 0.29) is 16.9 Å². The minimum Gasteiger partial charge on any atom is -0.294 e. The molecule has 1 aromatic rings. The molecule has 0 aromatic carbocycles. The fraction of sp³-hybridized carbons (Fsp3) is 0.833. The summed E-state index contributed by atoms with van der Waals surface area (Å²) in [5.74, 6) is 6.57. The number of amides is 1. The summed E-state index contributed by atoms with van der Waals surface area (Å²) < 4.78 is 0. The van der Waals surface area contributed by atoms with E-state index in [1.54, 1.807) is 4.80 Å². The number of hydrazine groups is 1. The van der Waals surface area contributed by atoms with E-state index in [2.05, 4.69) is 20.8 Å². The Morgan fingerprint density at radius 2 is 2.05 bits per heavy atom. The minimum atomic E-state index is -0.313. The van der Waals surface area contributed by atoms with Crippen LogP contribution < -0.4 is 11.3 Å². The van der Waals surface area contributed by atoms with Crippen molar-refractivity contribution in [1.29, 1.82) is 0 Å². The van der Waals surface area contributed by atoms with Gasteiger partial charge in [-0.25, -0.2) is 5.84 Å². The van der Waals surface area contributed by atoms with E-state index < -0.39 is 0 Å². The average Bonchev–Trinajstić information content (AvgIpc) is 2.90. The summed E-state index contributed by atoms with van der Waals surface area (Å²) in [5, 5.41) is 12.2. The Balaban J connectivity index is 1.78. The van der Waals surface area contributed by atoms with Crippen molar-refractivity contribution in [3.63, 3.8) is 0 Å². The fourth-order valence-corrected chi connectivity index (χ4v) is 5.25. The molecule has 7 heteroatoms. The molecule has 2 unspecified atom stereocenters. The molecular formula is C12H18N6O. The second-order valence-corrected chi connectivity index (χ2v) is 6.66. The number of aromatic nitrogens is 4. The van der Waals surface area contributed by atoms with Gasteiger partial charge < -0.3 is 0 Å². The zero-order valence-corrected chi connectivity index (χ0v) is 10.7. The van der Waals surface area contributed by atoms with E-state index in [0.29, 0.717) is 11.8 Å². The zero-order valence-electron chi connectivity index (χ0n) is 10.7. The fourth-order valence-electron chi connectivity index (χ4n) is 5.25. The highest BCUT2D eigenvalue weighted by Crippen LogP contribution is 2.63. The van der Waals surface area contributed by atoms with E-state index in [9.17, 15) is 4.79 Å². The van der Waals surface area contributed by atoms with Gasteiger partial charge in [-0.15, -0.1) is 10.2 Å². The van der Waals surface area contributed by atoms with Crippen LogP contribution in [-0.4, -0.2) is 26.1 Å². The standard InChI is InChI=1S/C12H18N6O/c13-16-10(19)11-2-8-1-9(3-11)5-12(4-8,6-11)18-15-7-14-17-18/h7-9H,1-6,13H2,(H,16,19)/t8-,9+,11?,12?. The van der Waals surface area contributed by atoms with Gasteiger partial charge in [-0.2, -0.15) is 4.80 Å². The molecule has 4 saturated carbocycles. The van der Waals surface area contributed by atoms with Gasteiger partial charge in [0.25, 0.3) is 0 Å². The van der Waals surface area contributed by atoms with E-state index in [1.165, 1.54) is 12.7 Å². The third-order valence-electron chi connectivity index (χ3n) is 5.42. The number of tetrazole rings is 1. The van der Waals surface area contributed by atoms with E-state index in [0.717, 1.165) is 32.1 Å². The largest absolute Gasteiger partial charge is 0.294 e. The van der Waals surface area contributed by atoms with Crippen molar-refractivity contribution in [2.45, 2.75) is 44.1 Å². The van der Waals surface area contributed by atoms with Crippen molar-refractivity contribution >= 4 is 5.91 Å². The lowest BCUT2D eigenvalue weighted by Gasteiger charge is -2.60. The molecule has 4 bridgehead atoms. The highest BCUT2D eigenvalue weighted by molar-refractivity contribution is 5.82. The van der Waals surface area contributed by atoms with E-state index in [1.807, 2.05) is 0 Å². The van der Waals surface area contributed by atoms with Gasteiger partial charge in [-0.3, -0.25) is 10.2 Å². The van der Waals surface area contributed by atoms with Gasteiger partial charge in [0.05, 0.1) is 11.0 Å². The Labute approximate surface area is 110 Å². The summed E-state index contributed by atoms with van der Waals surface area (Å²) in [5.41, 5.74) is 1.95. The molecule has 0 spiro atoms. The van der Waals surface area contributed by atoms with Crippen molar-refractivity contribution in [3.05, 3.63) is 6.33 Å². The molecule has 0 radical (unpaired) electrons. The summed E-state index contributed by atoms with van der Waals surface area (Å²) in [6, 6.07) is 0. The first-order valence-electron chi connectivity index (χ1n) is 6.90. The summed E-state index contributed by atoms with van der Waals surface area (Å²) in [4.78, 5) is 14.0. The van der Waals surface area contributed by atoms with E-state index in [4.69, 9.17) is 5.84 Å². The lowest BCUT2D eigenvalue weighted by molar-refractivity contribution is -0.157. The number of nitrogens with zero attached hydrogens (tertiary/aromatic N) is 4. The van der Waals surface area contributed by atoms with Crippen molar-refractivity contribution in [1.82, 2.24) is 25.6 Å². The lowest BCUT2D eigenvalue weighted by Crippen LogP contribution is -2.62. The monoisotopic (exact) mass is 262 g/mol.